The lowest BCUT2D eigenvalue weighted by atomic mass is 9.93. The van der Waals surface area contributed by atoms with E-state index in [0.29, 0.717) is 0 Å². The van der Waals surface area contributed by atoms with Crippen molar-refractivity contribution in [3.63, 3.8) is 0 Å². The summed E-state index contributed by atoms with van der Waals surface area (Å²) in [5, 5.41) is 0. The third-order valence-corrected chi connectivity index (χ3v) is 4.74. The molecule has 2 heteroatoms. The number of rotatable bonds is 8. The Kier molecular flexibility index (Phi) is 7.19. The highest BCUT2D eigenvalue weighted by atomic mass is 16.5. The Hall–Kier alpha value is -1.67. The van der Waals surface area contributed by atoms with E-state index in [0.717, 1.165) is 31.4 Å². The van der Waals surface area contributed by atoms with Gasteiger partial charge in [0, 0.05) is 17.3 Å². The lowest BCUT2D eigenvalue weighted by Gasteiger charge is -2.22. The second-order valence-corrected chi connectivity index (χ2v) is 7.05. The van der Waals surface area contributed by atoms with Crippen molar-refractivity contribution in [3.8, 4) is 11.3 Å². The van der Waals surface area contributed by atoms with E-state index in [-0.39, 0.29) is 12.2 Å². The standard InChI is InChI=1S/C23H33NO/c1-7-11-22(25-16(4)5)20-15-24-21(14-17(20)6)23-18(8-2)12-10-13-19(23)9-3/h10,12-16,22H,7-9,11H2,1-6H3. The number of aromatic nitrogens is 1. The normalized spacial score (nSPS) is 12.6. The maximum Gasteiger partial charge on any atom is 0.0845 e. The summed E-state index contributed by atoms with van der Waals surface area (Å²) in [6.07, 6.45) is 6.60. The monoisotopic (exact) mass is 339 g/mol. The van der Waals surface area contributed by atoms with E-state index < -0.39 is 0 Å². The van der Waals surface area contributed by atoms with Crippen LogP contribution in [0, 0.1) is 6.92 Å². The lowest BCUT2D eigenvalue weighted by Crippen LogP contribution is -2.12. The van der Waals surface area contributed by atoms with Crippen molar-refractivity contribution in [2.24, 2.45) is 0 Å². The van der Waals surface area contributed by atoms with Crippen molar-refractivity contribution < 1.29 is 4.74 Å². The zero-order chi connectivity index (χ0) is 18.4. The van der Waals surface area contributed by atoms with Crippen molar-refractivity contribution in [2.45, 2.75) is 79.4 Å². The van der Waals surface area contributed by atoms with Gasteiger partial charge < -0.3 is 4.74 Å². The maximum atomic E-state index is 6.15. The molecule has 2 aromatic rings. The summed E-state index contributed by atoms with van der Waals surface area (Å²) >= 11 is 0. The Morgan fingerprint density at radius 1 is 1.04 bits per heavy atom. The third kappa shape index (κ3) is 4.70. The van der Waals surface area contributed by atoms with Gasteiger partial charge in [-0.3, -0.25) is 4.98 Å². The molecule has 25 heavy (non-hydrogen) atoms. The molecule has 136 valence electrons. The molecule has 1 heterocycles. The van der Waals surface area contributed by atoms with Crippen molar-refractivity contribution >= 4 is 0 Å². The molecule has 1 aromatic heterocycles. The van der Waals surface area contributed by atoms with Crippen molar-refractivity contribution in [1.82, 2.24) is 4.98 Å². The van der Waals surface area contributed by atoms with Crippen LogP contribution in [0.1, 0.15) is 75.8 Å². The Labute approximate surface area is 153 Å². The number of hydrogen-bond donors (Lipinski definition) is 0. The van der Waals surface area contributed by atoms with Crippen molar-refractivity contribution in [1.29, 1.82) is 0 Å². The topological polar surface area (TPSA) is 22.1 Å². The molecule has 0 aliphatic rings. The summed E-state index contributed by atoms with van der Waals surface area (Å²) < 4.78 is 6.15. The first-order chi connectivity index (χ1) is 12.0. The van der Waals surface area contributed by atoms with Crippen LogP contribution in [0.2, 0.25) is 0 Å². The Bertz CT molecular complexity index is 668. The fourth-order valence-electron chi connectivity index (χ4n) is 3.50. The Morgan fingerprint density at radius 2 is 1.68 bits per heavy atom. The summed E-state index contributed by atoms with van der Waals surface area (Å²) in [4.78, 5) is 4.86. The molecule has 0 aliphatic carbocycles. The summed E-state index contributed by atoms with van der Waals surface area (Å²) in [5.41, 5.74) is 7.67. The molecule has 1 aromatic carbocycles. The first-order valence-corrected chi connectivity index (χ1v) is 9.74. The molecular formula is C23H33NO. The molecule has 1 unspecified atom stereocenters. The van der Waals surface area contributed by atoms with E-state index in [2.05, 4.69) is 65.8 Å². The third-order valence-electron chi connectivity index (χ3n) is 4.74. The zero-order valence-corrected chi connectivity index (χ0v) is 16.7. The van der Waals surface area contributed by atoms with Gasteiger partial charge in [0.05, 0.1) is 17.9 Å². The number of nitrogens with zero attached hydrogens (tertiary/aromatic N) is 1. The van der Waals surface area contributed by atoms with Crippen LogP contribution in [-0.4, -0.2) is 11.1 Å². The zero-order valence-electron chi connectivity index (χ0n) is 16.7. The molecule has 0 fully saturated rings. The van der Waals surface area contributed by atoms with Gasteiger partial charge in [-0.2, -0.15) is 0 Å². The summed E-state index contributed by atoms with van der Waals surface area (Å²) in [6.45, 7) is 13.0. The molecule has 0 spiro atoms. The number of benzene rings is 1. The number of ether oxygens (including phenoxy) is 1. The van der Waals surface area contributed by atoms with E-state index >= 15 is 0 Å². The molecule has 0 amide bonds. The molecule has 2 nitrogen and oxygen atoms in total. The van der Waals surface area contributed by atoms with Gasteiger partial charge in [-0.05, 0) is 62.8 Å². The van der Waals surface area contributed by atoms with Gasteiger partial charge in [-0.1, -0.05) is 45.4 Å². The summed E-state index contributed by atoms with van der Waals surface area (Å²) in [5.74, 6) is 0. The Balaban J connectivity index is 2.46. The summed E-state index contributed by atoms with van der Waals surface area (Å²) in [7, 11) is 0. The van der Waals surface area contributed by atoms with E-state index in [1.807, 2.05) is 6.20 Å². The highest BCUT2D eigenvalue weighted by molar-refractivity contribution is 5.69. The van der Waals surface area contributed by atoms with Gasteiger partial charge >= 0.3 is 0 Å². The second-order valence-electron chi connectivity index (χ2n) is 7.05. The van der Waals surface area contributed by atoms with Gasteiger partial charge in [-0.25, -0.2) is 0 Å². The lowest BCUT2D eigenvalue weighted by molar-refractivity contribution is 0.000853. The van der Waals surface area contributed by atoms with Gasteiger partial charge in [0.15, 0.2) is 0 Å². The van der Waals surface area contributed by atoms with Gasteiger partial charge in [0.1, 0.15) is 0 Å². The van der Waals surface area contributed by atoms with Gasteiger partial charge in [0.2, 0.25) is 0 Å². The van der Waals surface area contributed by atoms with E-state index in [1.165, 1.54) is 27.8 Å². The molecule has 0 bridgehead atoms. The fraction of sp³-hybridized carbons (Fsp3) is 0.522. The molecular weight excluding hydrogens is 306 g/mol. The van der Waals surface area contributed by atoms with E-state index in [9.17, 15) is 0 Å². The predicted molar refractivity (Wildman–Crippen MR) is 107 cm³/mol. The van der Waals surface area contributed by atoms with E-state index in [4.69, 9.17) is 9.72 Å². The minimum atomic E-state index is 0.138. The second kappa shape index (κ2) is 9.15. The van der Waals surface area contributed by atoms with Crippen LogP contribution in [0.25, 0.3) is 11.3 Å². The SMILES string of the molecule is CCCC(OC(C)C)c1cnc(-c2c(CC)cccc2CC)cc1C. The van der Waals surface area contributed by atoms with Gasteiger partial charge in [0.25, 0.3) is 0 Å². The summed E-state index contributed by atoms with van der Waals surface area (Å²) in [6, 6.07) is 8.86. The number of pyridine rings is 1. The quantitative estimate of drug-likeness (QED) is 0.551. The molecule has 0 N–H and O–H groups in total. The highest BCUT2D eigenvalue weighted by Crippen LogP contribution is 2.32. The number of hydrogen-bond acceptors (Lipinski definition) is 2. The van der Waals surface area contributed by atoms with Crippen LogP contribution < -0.4 is 0 Å². The van der Waals surface area contributed by atoms with Crippen LogP contribution in [0.4, 0.5) is 0 Å². The van der Waals surface area contributed by atoms with Crippen molar-refractivity contribution in [2.75, 3.05) is 0 Å². The van der Waals surface area contributed by atoms with Crippen LogP contribution >= 0.6 is 0 Å². The molecule has 0 radical (unpaired) electrons. The molecule has 0 saturated heterocycles. The largest absolute Gasteiger partial charge is 0.371 e. The van der Waals surface area contributed by atoms with E-state index in [1.54, 1.807) is 0 Å². The average Bonchev–Trinajstić information content (AvgIpc) is 2.60. The average molecular weight is 340 g/mol. The minimum absolute atomic E-state index is 0.138. The molecule has 0 saturated carbocycles. The number of aryl methyl sites for hydroxylation is 3. The maximum absolute atomic E-state index is 6.15. The molecule has 0 aliphatic heterocycles. The Morgan fingerprint density at radius 3 is 2.16 bits per heavy atom. The smallest absolute Gasteiger partial charge is 0.0845 e. The predicted octanol–water partition coefficient (Wildman–Crippen LogP) is 6.45. The van der Waals surface area contributed by atoms with Crippen LogP contribution in [0.15, 0.2) is 30.5 Å². The van der Waals surface area contributed by atoms with Crippen LogP contribution in [0.5, 0.6) is 0 Å². The first-order valence-electron chi connectivity index (χ1n) is 9.74. The van der Waals surface area contributed by atoms with Crippen LogP contribution in [0.3, 0.4) is 0 Å². The fourth-order valence-corrected chi connectivity index (χ4v) is 3.50. The first kappa shape index (κ1) is 19.7. The van der Waals surface area contributed by atoms with Crippen LogP contribution in [-0.2, 0) is 17.6 Å². The molecule has 2 rings (SSSR count). The molecule has 1 atom stereocenters. The minimum Gasteiger partial charge on any atom is -0.371 e. The van der Waals surface area contributed by atoms with Gasteiger partial charge in [-0.15, -0.1) is 0 Å². The highest BCUT2D eigenvalue weighted by Gasteiger charge is 2.18. The van der Waals surface area contributed by atoms with Crippen molar-refractivity contribution in [3.05, 3.63) is 52.7 Å².